The van der Waals surface area contributed by atoms with E-state index in [9.17, 15) is 39.5 Å². The fraction of sp³-hybridized carbons (Fsp3) is 0.368. The van der Waals surface area contributed by atoms with Gasteiger partial charge in [0, 0.05) is 24.5 Å². The van der Waals surface area contributed by atoms with Crippen LogP contribution in [0, 0.1) is 16.0 Å². The number of carboxylic acids is 2. The van der Waals surface area contributed by atoms with Crippen molar-refractivity contribution in [3.8, 4) is 0 Å². The van der Waals surface area contributed by atoms with E-state index in [1.807, 2.05) is 0 Å². The lowest BCUT2D eigenvalue weighted by Gasteiger charge is -2.41. The highest BCUT2D eigenvalue weighted by molar-refractivity contribution is 8.22. The van der Waals surface area contributed by atoms with Crippen LogP contribution in [-0.4, -0.2) is 72.9 Å². The molecule has 34 heavy (non-hydrogen) atoms. The number of thioether (sulfide) groups is 2. The minimum atomic E-state index is -1.42. The molecule has 182 valence electrons. The number of aliphatic carboxylic acids is 2. The number of benzene rings is 1. The lowest BCUT2D eigenvalue weighted by atomic mass is 9.94. The first-order chi connectivity index (χ1) is 16.1. The number of nitro benzene ring substituents is 1. The van der Waals surface area contributed by atoms with Crippen LogP contribution in [0.1, 0.15) is 12.0 Å². The minimum Gasteiger partial charge on any atom is -0.480 e. The molecule has 0 unspecified atom stereocenters. The van der Waals surface area contributed by atoms with Gasteiger partial charge in [-0.3, -0.25) is 19.8 Å². The molecule has 0 aliphatic carbocycles. The molecule has 4 N–H and O–H groups in total. The largest absolute Gasteiger partial charge is 0.480 e. The van der Waals surface area contributed by atoms with Gasteiger partial charge in [0.1, 0.15) is 12.6 Å². The fourth-order valence-corrected chi connectivity index (χ4v) is 6.12. The Morgan fingerprint density at radius 3 is 2.50 bits per heavy atom. The number of nitrogens with one attached hydrogen (secondary N) is 1. The van der Waals surface area contributed by atoms with Gasteiger partial charge in [0.15, 0.2) is 5.70 Å². The summed E-state index contributed by atoms with van der Waals surface area (Å²) in [5.74, 6) is -3.89. The van der Waals surface area contributed by atoms with Crippen molar-refractivity contribution in [2.45, 2.75) is 24.4 Å². The molecule has 1 aromatic rings. The summed E-state index contributed by atoms with van der Waals surface area (Å²) in [5, 5.41) is 40.4. The first-order valence-corrected chi connectivity index (χ1v) is 11.6. The van der Waals surface area contributed by atoms with Gasteiger partial charge in [0.05, 0.1) is 20.5 Å². The maximum absolute atomic E-state index is 12.2. The van der Waals surface area contributed by atoms with Crippen LogP contribution in [0.5, 0.6) is 0 Å². The number of ether oxygens (including phenoxy) is 1. The van der Waals surface area contributed by atoms with Gasteiger partial charge in [-0.15, -0.1) is 11.8 Å². The molecule has 3 atom stereocenters. The van der Waals surface area contributed by atoms with Gasteiger partial charge in [-0.1, -0.05) is 11.8 Å². The molecule has 0 bridgehead atoms. The number of non-ortho nitro benzene ring substituents is 1. The first kappa shape index (κ1) is 25.3. The predicted octanol–water partition coefficient (Wildman–Crippen LogP) is 1.17. The maximum Gasteiger partial charge on any atom is 0.408 e. The molecule has 3 rings (SSSR count). The smallest absolute Gasteiger partial charge is 0.408 e. The van der Waals surface area contributed by atoms with Crippen LogP contribution in [-0.2, 0) is 25.7 Å². The molecular weight excluding hydrogens is 494 g/mol. The van der Waals surface area contributed by atoms with Gasteiger partial charge >= 0.3 is 18.0 Å². The van der Waals surface area contributed by atoms with E-state index in [0.717, 1.165) is 28.4 Å². The zero-order valence-electron chi connectivity index (χ0n) is 17.3. The van der Waals surface area contributed by atoms with Gasteiger partial charge < -0.3 is 25.4 Å². The Morgan fingerprint density at radius 1 is 1.26 bits per heavy atom. The minimum absolute atomic E-state index is 0.134. The Bertz CT molecular complexity index is 1050. The van der Waals surface area contributed by atoms with E-state index in [4.69, 9.17) is 9.84 Å². The number of carbonyl (C=O) groups excluding carboxylic acids is 2. The molecule has 0 radical (unpaired) electrons. The topological polar surface area (TPSA) is 197 Å². The van der Waals surface area contributed by atoms with Crippen molar-refractivity contribution in [1.82, 2.24) is 10.2 Å². The number of nitrogens with zero attached hydrogens (tertiary/aromatic N) is 2. The van der Waals surface area contributed by atoms with Crippen LogP contribution in [0.2, 0.25) is 0 Å². The SMILES string of the molecule is O=C(N[C@H](CSC1=C(C(=O)O)N2C(=O)[C@H](CCO)[C@H]2S1)C(=O)O)OCc1ccc([N+](=O)[O-])cc1. The number of fused-ring (bicyclic) bond motifs is 1. The first-order valence-electron chi connectivity index (χ1n) is 9.74. The normalized spacial score (nSPS) is 19.8. The third kappa shape index (κ3) is 5.43. The lowest BCUT2D eigenvalue weighted by Crippen LogP contribution is -2.57. The van der Waals surface area contributed by atoms with E-state index in [1.54, 1.807) is 0 Å². The zero-order valence-corrected chi connectivity index (χ0v) is 18.9. The molecule has 1 saturated heterocycles. The number of aliphatic hydroxyl groups excluding tert-OH is 1. The molecule has 1 fully saturated rings. The Kier molecular flexibility index (Phi) is 8.01. The Morgan fingerprint density at radius 2 is 1.94 bits per heavy atom. The van der Waals surface area contributed by atoms with E-state index >= 15 is 0 Å². The number of carboxylic acid groups (broad SMARTS) is 2. The Balaban J connectivity index is 1.57. The molecule has 2 heterocycles. The van der Waals surface area contributed by atoms with E-state index in [1.165, 1.54) is 24.3 Å². The lowest BCUT2D eigenvalue weighted by molar-refractivity contribution is -0.384. The van der Waals surface area contributed by atoms with E-state index in [2.05, 4.69) is 5.32 Å². The average molecular weight is 514 g/mol. The molecular formula is C19H19N3O10S2. The van der Waals surface area contributed by atoms with Crippen LogP contribution in [0.25, 0.3) is 0 Å². The number of β-lactam (4-membered cyclic amide) rings is 1. The highest BCUT2D eigenvalue weighted by Gasteiger charge is 2.55. The second-order valence-electron chi connectivity index (χ2n) is 7.12. The molecule has 0 aromatic heterocycles. The number of hydrogen-bond donors (Lipinski definition) is 4. The van der Waals surface area contributed by atoms with Crippen LogP contribution in [0.4, 0.5) is 10.5 Å². The number of rotatable bonds is 11. The number of carbonyl (C=O) groups is 4. The second kappa shape index (κ2) is 10.8. The second-order valence-corrected chi connectivity index (χ2v) is 9.54. The summed E-state index contributed by atoms with van der Waals surface area (Å²) in [6.07, 6.45) is -0.850. The molecule has 13 nitrogen and oxygen atoms in total. The van der Waals surface area contributed by atoms with Crippen molar-refractivity contribution in [3.63, 3.8) is 0 Å². The summed E-state index contributed by atoms with van der Waals surface area (Å²) in [5.41, 5.74) is 0.0708. The van der Waals surface area contributed by atoms with Gasteiger partial charge in [0.25, 0.3) is 5.69 Å². The molecule has 2 aliphatic heterocycles. The molecule has 2 aliphatic rings. The number of amides is 2. The maximum atomic E-state index is 12.2. The number of alkyl carbamates (subject to hydrolysis) is 1. The zero-order chi connectivity index (χ0) is 25.0. The third-order valence-corrected chi connectivity index (χ3v) is 7.73. The van der Waals surface area contributed by atoms with Gasteiger partial charge in [-0.05, 0) is 24.1 Å². The van der Waals surface area contributed by atoms with Crippen LogP contribution in [0.15, 0.2) is 34.2 Å². The van der Waals surface area contributed by atoms with Crippen molar-refractivity contribution < 1.29 is 44.2 Å². The molecule has 0 saturated carbocycles. The summed E-state index contributed by atoms with van der Waals surface area (Å²) >= 11 is 1.98. The van der Waals surface area contributed by atoms with E-state index in [-0.39, 0.29) is 41.0 Å². The average Bonchev–Trinajstić information content (AvgIpc) is 3.14. The monoisotopic (exact) mass is 513 g/mol. The molecule has 0 spiro atoms. The van der Waals surface area contributed by atoms with Crippen molar-refractivity contribution >= 4 is 53.2 Å². The highest BCUT2D eigenvalue weighted by atomic mass is 32.2. The number of hydrogen-bond acceptors (Lipinski definition) is 10. The quantitative estimate of drug-likeness (QED) is 0.187. The molecule has 15 heteroatoms. The molecule has 1 aromatic carbocycles. The fourth-order valence-electron chi connectivity index (χ4n) is 3.24. The highest BCUT2D eigenvalue weighted by Crippen LogP contribution is 2.53. The number of nitro groups is 1. The summed E-state index contributed by atoms with van der Waals surface area (Å²) < 4.78 is 5.19. The van der Waals surface area contributed by atoms with E-state index in [0.29, 0.717) is 5.56 Å². The summed E-state index contributed by atoms with van der Waals surface area (Å²) in [4.78, 5) is 58.7. The van der Waals surface area contributed by atoms with Crippen molar-refractivity contribution in [2.75, 3.05) is 12.4 Å². The van der Waals surface area contributed by atoms with E-state index < -0.39 is 46.2 Å². The molecule has 2 amide bonds. The van der Waals surface area contributed by atoms with Crippen molar-refractivity contribution in [1.29, 1.82) is 0 Å². The Hall–Kier alpha value is -3.30. The van der Waals surface area contributed by atoms with Gasteiger partial charge in [0.2, 0.25) is 5.91 Å². The summed E-state index contributed by atoms with van der Waals surface area (Å²) in [7, 11) is 0. The van der Waals surface area contributed by atoms with Gasteiger partial charge in [-0.2, -0.15) is 0 Å². The Labute approximate surface area is 200 Å². The number of aliphatic hydroxyl groups is 1. The van der Waals surface area contributed by atoms with Crippen LogP contribution >= 0.6 is 23.5 Å². The standard InChI is InChI=1S/C19H19N3O10S2/c23-6-5-11-14(24)21-13(17(27)28)18(34-15(11)21)33-8-12(16(25)26)20-19(29)32-7-9-1-3-10(4-2-9)22(30)31/h1-4,11-12,15,23H,5-8H2,(H,20,29)(H,25,26)(H,27,28)/t11-,12+,15+/m0/s1. The summed E-state index contributed by atoms with van der Waals surface area (Å²) in [6, 6.07) is 3.83. The predicted molar refractivity (Wildman–Crippen MR) is 118 cm³/mol. The van der Waals surface area contributed by atoms with Crippen LogP contribution in [0.3, 0.4) is 0 Å². The summed E-state index contributed by atoms with van der Waals surface area (Å²) in [6.45, 7) is -0.475. The van der Waals surface area contributed by atoms with Crippen molar-refractivity contribution in [2.24, 2.45) is 5.92 Å². The third-order valence-electron chi connectivity index (χ3n) is 4.95. The van der Waals surface area contributed by atoms with Crippen molar-refractivity contribution in [3.05, 3.63) is 49.9 Å². The van der Waals surface area contributed by atoms with Crippen LogP contribution < -0.4 is 5.32 Å². The van der Waals surface area contributed by atoms with Gasteiger partial charge in [-0.25, -0.2) is 14.4 Å².